The van der Waals surface area contributed by atoms with Gasteiger partial charge in [0.2, 0.25) is 11.1 Å². The fraction of sp³-hybridized carbons (Fsp3) is 0.286. The number of benzene rings is 1. The van der Waals surface area contributed by atoms with E-state index in [9.17, 15) is 9.59 Å². The van der Waals surface area contributed by atoms with Crippen LogP contribution in [0.15, 0.2) is 29.4 Å². The van der Waals surface area contributed by atoms with Crippen molar-refractivity contribution in [3.8, 4) is 6.07 Å². The molecule has 1 atom stereocenters. The molecular formula is C14H14N6O3S. The first-order valence-corrected chi connectivity index (χ1v) is 7.84. The zero-order valence-electron chi connectivity index (χ0n) is 13.0. The van der Waals surface area contributed by atoms with Crippen LogP contribution in [0.5, 0.6) is 0 Å². The van der Waals surface area contributed by atoms with Crippen LogP contribution in [0.3, 0.4) is 0 Å². The lowest BCUT2D eigenvalue weighted by Gasteiger charge is -2.07. The molecule has 124 valence electrons. The number of nitriles is 1. The predicted molar refractivity (Wildman–Crippen MR) is 85.1 cm³/mol. The summed E-state index contributed by atoms with van der Waals surface area (Å²) in [5, 5.41) is 22.8. The van der Waals surface area contributed by atoms with Gasteiger partial charge in [-0.3, -0.25) is 4.79 Å². The Morgan fingerprint density at radius 3 is 2.71 bits per heavy atom. The van der Waals surface area contributed by atoms with Crippen molar-refractivity contribution in [3.63, 3.8) is 0 Å². The lowest BCUT2D eigenvalue weighted by molar-refractivity contribution is -0.113. The molecule has 0 bridgehead atoms. The van der Waals surface area contributed by atoms with Crippen molar-refractivity contribution in [2.45, 2.75) is 18.2 Å². The molecule has 1 heterocycles. The van der Waals surface area contributed by atoms with Gasteiger partial charge in [0.15, 0.2) is 6.10 Å². The van der Waals surface area contributed by atoms with E-state index in [2.05, 4.69) is 20.8 Å². The number of amides is 1. The SMILES string of the molecule is C[C@H](C#N)OC(=O)c1ccc(NC(=O)CSc2nnnn2C)cc1. The number of aromatic nitrogens is 4. The van der Waals surface area contributed by atoms with Gasteiger partial charge < -0.3 is 10.1 Å². The lowest BCUT2D eigenvalue weighted by atomic mass is 10.2. The van der Waals surface area contributed by atoms with Crippen LogP contribution in [-0.4, -0.2) is 43.9 Å². The van der Waals surface area contributed by atoms with E-state index in [1.54, 1.807) is 19.2 Å². The highest BCUT2D eigenvalue weighted by molar-refractivity contribution is 7.99. The molecule has 24 heavy (non-hydrogen) atoms. The summed E-state index contributed by atoms with van der Waals surface area (Å²) in [5.74, 6) is -0.666. The Labute approximate surface area is 142 Å². The summed E-state index contributed by atoms with van der Waals surface area (Å²) >= 11 is 1.21. The fourth-order valence-electron chi connectivity index (χ4n) is 1.62. The summed E-state index contributed by atoms with van der Waals surface area (Å²) in [5.41, 5.74) is 0.844. The van der Waals surface area contributed by atoms with Crippen LogP contribution in [-0.2, 0) is 16.6 Å². The van der Waals surface area contributed by atoms with Gasteiger partial charge in [-0.05, 0) is 41.6 Å². The Hall–Kier alpha value is -2.93. The summed E-state index contributed by atoms with van der Waals surface area (Å²) < 4.78 is 6.36. The van der Waals surface area contributed by atoms with Gasteiger partial charge in [-0.2, -0.15) is 5.26 Å². The van der Waals surface area contributed by atoms with E-state index >= 15 is 0 Å². The van der Waals surface area contributed by atoms with Crippen LogP contribution in [0, 0.1) is 11.3 Å². The average Bonchev–Trinajstić information content (AvgIpc) is 2.98. The number of carbonyl (C=O) groups is 2. The van der Waals surface area contributed by atoms with Gasteiger partial charge >= 0.3 is 5.97 Å². The summed E-state index contributed by atoms with van der Waals surface area (Å²) in [6.45, 7) is 1.48. The van der Waals surface area contributed by atoms with Crippen molar-refractivity contribution in [1.82, 2.24) is 20.2 Å². The van der Waals surface area contributed by atoms with Crippen molar-refractivity contribution in [3.05, 3.63) is 29.8 Å². The molecule has 1 aromatic heterocycles. The maximum absolute atomic E-state index is 11.9. The van der Waals surface area contributed by atoms with E-state index in [1.807, 2.05) is 6.07 Å². The number of esters is 1. The summed E-state index contributed by atoms with van der Waals surface area (Å²) in [6.07, 6.45) is -0.816. The van der Waals surface area contributed by atoms with Crippen molar-refractivity contribution in [2.24, 2.45) is 7.05 Å². The van der Waals surface area contributed by atoms with Gasteiger partial charge in [-0.15, -0.1) is 5.10 Å². The molecule has 1 amide bonds. The first kappa shape index (κ1) is 17.4. The molecule has 0 saturated heterocycles. The highest BCUT2D eigenvalue weighted by atomic mass is 32.2. The maximum Gasteiger partial charge on any atom is 0.339 e. The highest BCUT2D eigenvalue weighted by Crippen LogP contribution is 2.15. The monoisotopic (exact) mass is 346 g/mol. The zero-order valence-corrected chi connectivity index (χ0v) is 13.8. The molecule has 0 aliphatic carbocycles. The van der Waals surface area contributed by atoms with Gasteiger partial charge in [-0.1, -0.05) is 11.8 Å². The van der Waals surface area contributed by atoms with Gasteiger partial charge in [0.25, 0.3) is 0 Å². The number of aryl methyl sites for hydroxylation is 1. The molecule has 0 fully saturated rings. The van der Waals surface area contributed by atoms with Gasteiger partial charge in [0, 0.05) is 12.7 Å². The molecule has 0 unspecified atom stereocenters. The van der Waals surface area contributed by atoms with Crippen LogP contribution in [0.4, 0.5) is 5.69 Å². The van der Waals surface area contributed by atoms with Crippen molar-refractivity contribution in [1.29, 1.82) is 5.26 Å². The summed E-state index contributed by atoms with van der Waals surface area (Å²) in [4.78, 5) is 23.6. The second kappa shape index (κ2) is 8.07. The molecule has 2 rings (SSSR count). The van der Waals surface area contributed by atoms with Crippen LogP contribution in [0.2, 0.25) is 0 Å². The van der Waals surface area contributed by atoms with Gasteiger partial charge in [0.05, 0.1) is 11.3 Å². The van der Waals surface area contributed by atoms with Crippen molar-refractivity contribution >= 4 is 29.3 Å². The Balaban J connectivity index is 1.87. The molecule has 0 aliphatic rings. The lowest BCUT2D eigenvalue weighted by Crippen LogP contribution is -2.15. The van der Waals surface area contributed by atoms with E-state index in [0.717, 1.165) is 0 Å². The van der Waals surface area contributed by atoms with E-state index in [-0.39, 0.29) is 11.7 Å². The molecule has 1 aromatic carbocycles. The minimum Gasteiger partial charge on any atom is -0.444 e. The van der Waals surface area contributed by atoms with Crippen LogP contribution < -0.4 is 5.32 Å². The molecule has 10 heteroatoms. The van der Waals surface area contributed by atoms with Crippen molar-refractivity contribution < 1.29 is 14.3 Å². The van der Waals surface area contributed by atoms with Crippen LogP contribution in [0.1, 0.15) is 17.3 Å². The minimum atomic E-state index is -0.816. The second-order valence-corrected chi connectivity index (χ2v) is 5.62. The number of anilines is 1. The maximum atomic E-state index is 11.9. The molecule has 0 radical (unpaired) electrons. The van der Waals surface area contributed by atoms with E-state index in [4.69, 9.17) is 10.00 Å². The number of ether oxygens (including phenoxy) is 1. The topological polar surface area (TPSA) is 123 Å². The number of carbonyl (C=O) groups excluding carboxylic acids is 2. The number of nitrogens with zero attached hydrogens (tertiary/aromatic N) is 5. The van der Waals surface area contributed by atoms with E-state index < -0.39 is 12.1 Å². The Morgan fingerprint density at radius 1 is 1.42 bits per heavy atom. The number of thioether (sulfide) groups is 1. The third-order valence-corrected chi connectivity index (χ3v) is 3.79. The number of tetrazole rings is 1. The molecule has 1 N–H and O–H groups in total. The normalized spacial score (nSPS) is 11.4. The first-order valence-electron chi connectivity index (χ1n) is 6.85. The van der Waals surface area contributed by atoms with E-state index in [1.165, 1.54) is 35.5 Å². The van der Waals surface area contributed by atoms with Gasteiger partial charge in [-0.25, -0.2) is 9.48 Å². The van der Waals surface area contributed by atoms with Gasteiger partial charge in [0.1, 0.15) is 6.07 Å². The quantitative estimate of drug-likeness (QED) is 0.607. The Kier molecular flexibility index (Phi) is 5.86. The molecule has 0 spiro atoms. The first-order chi connectivity index (χ1) is 11.5. The summed E-state index contributed by atoms with van der Waals surface area (Å²) in [6, 6.07) is 8.01. The Morgan fingerprint density at radius 2 is 2.12 bits per heavy atom. The zero-order chi connectivity index (χ0) is 17.5. The number of hydrogen-bond donors (Lipinski definition) is 1. The molecule has 2 aromatic rings. The minimum absolute atomic E-state index is 0.150. The summed E-state index contributed by atoms with van der Waals surface area (Å²) in [7, 11) is 1.69. The van der Waals surface area contributed by atoms with Crippen LogP contribution >= 0.6 is 11.8 Å². The number of hydrogen-bond acceptors (Lipinski definition) is 8. The number of rotatable bonds is 6. The predicted octanol–water partition coefficient (Wildman–Crippen LogP) is 1.01. The standard InChI is InChI=1S/C14H14N6O3S/c1-9(7-15)23-13(22)10-3-5-11(6-4-10)16-12(21)8-24-14-17-18-19-20(14)2/h3-6,9H,8H2,1-2H3,(H,16,21)/t9-/m1/s1. The Bertz CT molecular complexity index is 768. The molecule has 9 nitrogen and oxygen atoms in total. The fourth-order valence-corrected chi connectivity index (χ4v) is 2.27. The third-order valence-electron chi connectivity index (χ3n) is 2.78. The number of nitrogens with one attached hydrogen (secondary N) is 1. The third kappa shape index (κ3) is 4.79. The van der Waals surface area contributed by atoms with Crippen LogP contribution in [0.25, 0.3) is 0 Å². The molecule has 0 saturated carbocycles. The molecule has 0 aliphatic heterocycles. The largest absolute Gasteiger partial charge is 0.444 e. The highest BCUT2D eigenvalue weighted by Gasteiger charge is 2.12. The molecular weight excluding hydrogens is 332 g/mol. The van der Waals surface area contributed by atoms with Crippen molar-refractivity contribution in [2.75, 3.05) is 11.1 Å². The average molecular weight is 346 g/mol. The second-order valence-electron chi connectivity index (χ2n) is 4.68. The smallest absolute Gasteiger partial charge is 0.339 e. The van der Waals surface area contributed by atoms with E-state index in [0.29, 0.717) is 16.4 Å².